The monoisotopic (exact) mass is 437 g/mol. The summed E-state index contributed by atoms with van der Waals surface area (Å²) in [5.41, 5.74) is 0. The van der Waals surface area contributed by atoms with Crippen molar-refractivity contribution in [3.8, 4) is 0 Å². The fourth-order valence-electron chi connectivity index (χ4n) is 2.95. The van der Waals surface area contributed by atoms with Crippen LogP contribution in [0.5, 0.6) is 0 Å². The van der Waals surface area contributed by atoms with Gasteiger partial charge in [-0.3, -0.25) is 0 Å². The zero-order valence-corrected chi connectivity index (χ0v) is 16.1. The highest BCUT2D eigenvalue weighted by Gasteiger charge is 2.26. The molecule has 0 bridgehead atoms. The van der Waals surface area contributed by atoms with E-state index >= 15 is 0 Å². The Hall–Kier alpha value is 0.0900. The molecule has 2 rings (SSSR count). The lowest BCUT2D eigenvalue weighted by Gasteiger charge is -2.28. The molecule has 0 atom stereocenters. The van der Waals surface area contributed by atoms with Gasteiger partial charge in [0.25, 0.3) is 0 Å². The summed E-state index contributed by atoms with van der Waals surface area (Å²) in [4.78, 5) is 0.307. The maximum Gasteiger partial charge on any atom is 0.241 e. The molecule has 0 spiro atoms. The SMILES string of the molecule is CCCC1CCC(NS(=O)(=O)c2ccc(Br)cc2Br)CC1. The quantitative estimate of drug-likeness (QED) is 0.714. The van der Waals surface area contributed by atoms with Crippen LogP contribution in [0.4, 0.5) is 0 Å². The van der Waals surface area contributed by atoms with E-state index in [-0.39, 0.29) is 6.04 Å². The van der Waals surface area contributed by atoms with Gasteiger partial charge in [0.2, 0.25) is 10.0 Å². The second-order valence-corrected chi connectivity index (χ2v) is 9.15. The number of rotatable bonds is 5. The second kappa shape index (κ2) is 7.57. The Kier molecular flexibility index (Phi) is 6.29. The molecule has 0 saturated heterocycles. The molecule has 0 amide bonds. The third kappa shape index (κ3) is 4.78. The Bertz CT molecular complexity index is 581. The second-order valence-electron chi connectivity index (χ2n) is 5.70. The zero-order valence-electron chi connectivity index (χ0n) is 12.1. The molecule has 1 aromatic carbocycles. The summed E-state index contributed by atoms with van der Waals surface area (Å²) in [6.07, 6.45) is 6.62. The molecule has 6 heteroatoms. The molecule has 1 aliphatic rings. The molecule has 0 unspecified atom stereocenters. The van der Waals surface area contributed by atoms with Crippen LogP contribution in [0.3, 0.4) is 0 Å². The van der Waals surface area contributed by atoms with Crippen molar-refractivity contribution in [3.63, 3.8) is 0 Å². The summed E-state index contributed by atoms with van der Waals surface area (Å²) in [7, 11) is -3.45. The normalized spacial score (nSPS) is 23.2. The fraction of sp³-hybridized carbons (Fsp3) is 0.600. The van der Waals surface area contributed by atoms with Crippen LogP contribution in [-0.2, 0) is 10.0 Å². The highest BCUT2D eigenvalue weighted by atomic mass is 79.9. The van der Waals surface area contributed by atoms with Gasteiger partial charge in [0, 0.05) is 15.0 Å². The lowest BCUT2D eigenvalue weighted by Crippen LogP contribution is -2.37. The number of benzene rings is 1. The van der Waals surface area contributed by atoms with E-state index in [9.17, 15) is 8.42 Å². The van der Waals surface area contributed by atoms with E-state index in [0.717, 1.165) is 36.1 Å². The number of halogens is 2. The molecule has 1 saturated carbocycles. The van der Waals surface area contributed by atoms with Gasteiger partial charge in [0.05, 0.1) is 4.90 Å². The van der Waals surface area contributed by atoms with Crippen LogP contribution >= 0.6 is 31.9 Å². The van der Waals surface area contributed by atoms with Crippen molar-refractivity contribution in [1.82, 2.24) is 4.72 Å². The average molecular weight is 439 g/mol. The number of nitrogens with one attached hydrogen (secondary N) is 1. The van der Waals surface area contributed by atoms with Crippen LogP contribution in [0.1, 0.15) is 45.4 Å². The first-order valence-electron chi connectivity index (χ1n) is 7.39. The summed E-state index contributed by atoms with van der Waals surface area (Å²) < 4.78 is 29.3. The molecule has 0 aliphatic heterocycles. The molecule has 1 N–H and O–H groups in total. The van der Waals surface area contributed by atoms with Gasteiger partial charge >= 0.3 is 0 Å². The molecule has 0 aromatic heterocycles. The van der Waals surface area contributed by atoms with Gasteiger partial charge < -0.3 is 0 Å². The van der Waals surface area contributed by atoms with Gasteiger partial charge in [-0.1, -0.05) is 35.7 Å². The van der Waals surface area contributed by atoms with Crippen molar-refractivity contribution in [2.45, 2.75) is 56.4 Å². The first-order valence-corrected chi connectivity index (χ1v) is 10.5. The maximum absolute atomic E-state index is 12.5. The molecule has 118 valence electrons. The van der Waals surface area contributed by atoms with E-state index in [2.05, 4.69) is 43.5 Å². The van der Waals surface area contributed by atoms with Crippen LogP contribution in [0.2, 0.25) is 0 Å². The minimum atomic E-state index is -3.45. The molecule has 1 aliphatic carbocycles. The molecule has 1 fully saturated rings. The van der Waals surface area contributed by atoms with Gasteiger partial charge in [0.1, 0.15) is 0 Å². The molecule has 1 aromatic rings. The third-order valence-corrected chi connectivity index (χ3v) is 7.04. The molecule has 0 heterocycles. The largest absolute Gasteiger partial charge is 0.241 e. The summed E-state index contributed by atoms with van der Waals surface area (Å²) in [5.74, 6) is 0.773. The topological polar surface area (TPSA) is 46.2 Å². The highest BCUT2D eigenvalue weighted by Crippen LogP contribution is 2.30. The highest BCUT2D eigenvalue weighted by molar-refractivity contribution is 9.11. The Morgan fingerprint density at radius 1 is 1.19 bits per heavy atom. The van der Waals surface area contributed by atoms with Crippen molar-refractivity contribution in [2.24, 2.45) is 5.92 Å². The minimum Gasteiger partial charge on any atom is -0.208 e. The molecule has 21 heavy (non-hydrogen) atoms. The minimum absolute atomic E-state index is 0.0682. The first-order chi connectivity index (χ1) is 9.92. The van der Waals surface area contributed by atoms with Gasteiger partial charge in [-0.25, -0.2) is 13.1 Å². The Balaban J connectivity index is 2.02. The van der Waals surface area contributed by atoms with Crippen LogP contribution in [-0.4, -0.2) is 14.5 Å². The summed E-state index contributed by atoms with van der Waals surface area (Å²) >= 11 is 6.67. The Morgan fingerprint density at radius 2 is 1.86 bits per heavy atom. The summed E-state index contributed by atoms with van der Waals surface area (Å²) in [5, 5.41) is 0. The molecular weight excluding hydrogens is 418 g/mol. The van der Waals surface area contributed by atoms with Gasteiger partial charge in [-0.15, -0.1) is 0 Å². The molecule has 0 radical (unpaired) electrons. The van der Waals surface area contributed by atoms with E-state index < -0.39 is 10.0 Å². The Morgan fingerprint density at radius 3 is 2.43 bits per heavy atom. The van der Waals surface area contributed by atoms with Crippen LogP contribution in [0, 0.1) is 5.92 Å². The average Bonchev–Trinajstić information content (AvgIpc) is 2.40. The van der Waals surface area contributed by atoms with E-state index in [1.54, 1.807) is 18.2 Å². The van der Waals surface area contributed by atoms with Gasteiger partial charge in [-0.05, 0) is 65.7 Å². The van der Waals surface area contributed by atoms with Gasteiger partial charge in [0.15, 0.2) is 0 Å². The maximum atomic E-state index is 12.5. The first kappa shape index (κ1) is 17.4. The Labute approximate surface area is 144 Å². The van der Waals surface area contributed by atoms with Crippen molar-refractivity contribution < 1.29 is 8.42 Å². The van der Waals surface area contributed by atoms with Crippen molar-refractivity contribution in [2.75, 3.05) is 0 Å². The third-order valence-electron chi connectivity index (χ3n) is 4.05. The van der Waals surface area contributed by atoms with Crippen LogP contribution in [0.25, 0.3) is 0 Å². The predicted molar refractivity (Wildman–Crippen MR) is 92.8 cm³/mol. The number of hydrogen-bond donors (Lipinski definition) is 1. The van der Waals surface area contributed by atoms with E-state index in [0.29, 0.717) is 9.37 Å². The molecule has 3 nitrogen and oxygen atoms in total. The van der Waals surface area contributed by atoms with E-state index in [4.69, 9.17) is 0 Å². The summed E-state index contributed by atoms with van der Waals surface area (Å²) in [6.45, 7) is 2.21. The van der Waals surface area contributed by atoms with Crippen LogP contribution in [0.15, 0.2) is 32.0 Å². The predicted octanol–water partition coefficient (Wildman–Crippen LogP) is 4.85. The molecular formula is C15H21Br2NO2S. The van der Waals surface area contributed by atoms with Crippen molar-refractivity contribution in [3.05, 3.63) is 27.1 Å². The zero-order chi connectivity index (χ0) is 15.5. The van der Waals surface area contributed by atoms with Crippen LogP contribution < -0.4 is 4.72 Å². The van der Waals surface area contributed by atoms with E-state index in [1.165, 1.54) is 12.8 Å². The number of hydrogen-bond acceptors (Lipinski definition) is 2. The van der Waals surface area contributed by atoms with Gasteiger partial charge in [-0.2, -0.15) is 0 Å². The smallest absolute Gasteiger partial charge is 0.208 e. The lowest BCUT2D eigenvalue weighted by atomic mass is 9.84. The van der Waals surface area contributed by atoms with Crippen molar-refractivity contribution in [1.29, 1.82) is 0 Å². The number of sulfonamides is 1. The van der Waals surface area contributed by atoms with E-state index in [1.807, 2.05) is 0 Å². The standard InChI is InChI=1S/C15H21Br2NO2S/c1-2-3-11-4-7-13(8-5-11)18-21(19,20)15-9-6-12(16)10-14(15)17/h6,9-11,13,18H,2-5,7-8H2,1H3. The van der Waals surface area contributed by atoms with Crippen molar-refractivity contribution >= 4 is 41.9 Å². The fourth-order valence-corrected chi connectivity index (χ4v) is 6.00. The lowest BCUT2D eigenvalue weighted by molar-refractivity contribution is 0.297. The summed E-state index contributed by atoms with van der Waals surface area (Å²) in [6, 6.07) is 5.20.